The van der Waals surface area contributed by atoms with Crippen LogP contribution in [0.3, 0.4) is 0 Å². The van der Waals surface area contributed by atoms with E-state index in [4.69, 9.17) is 4.74 Å². The molecule has 0 bridgehead atoms. The second kappa shape index (κ2) is 8.50. The van der Waals surface area contributed by atoms with E-state index in [0.717, 1.165) is 18.6 Å². The highest BCUT2D eigenvalue weighted by atomic mass is 32.2. The van der Waals surface area contributed by atoms with E-state index in [1.54, 1.807) is 11.8 Å². The molecule has 2 unspecified atom stereocenters. The number of carbonyl (C=O) groups is 1. The summed E-state index contributed by atoms with van der Waals surface area (Å²) in [6.07, 6.45) is 1.92. The number of hydrogen-bond donors (Lipinski definition) is 0. The minimum absolute atomic E-state index is 0.205. The summed E-state index contributed by atoms with van der Waals surface area (Å²) in [4.78, 5) is 10.4. The van der Waals surface area contributed by atoms with Crippen molar-refractivity contribution < 1.29 is 9.53 Å². The molecule has 0 heterocycles. The molecule has 0 N–H and O–H groups in total. The molecule has 5 heteroatoms. The molecule has 0 amide bonds. The van der Waals surface area contributed by atoms with Crippen LogP contribution in [0.25, 0.3) is 0 Å². The number of ether oxygens (including phenoxy) is 1. The molecule has 0 aliphatic rings. The van der Waals surface area contributed by atoms with Gasteiger partial charge in [0.1, 0.15) is 11.5 Å². The van der Waals surface area contributed by atoms with E-state index in [1.807, 2.05) is 0 Å². The van der Waals surface area contributed by atoms with Crippen LogP contribution >= 0.6 is 11.8 Å². The van der Waals surface area contributed by atoms with Crippen molar-refractivity contribution in [1.29, 1.82) is 0 Å². The van der Waals surface area contributed by atoms with Crippen LogP contribution in [0.15, 0.2) is 10.2 Å². The molecule has 100 valence electrons. The Hall–Kier alpha value is -0.580. The average molecular weight is 260 g/mol. The Labute approximate surface area is 109 Å². The topological polar surface area (TPSA) is 51.0 Å². The van der Waals surface area contributed by atoms with Crippen molar-refractivity contribution in [2.45, 2.75) is 58.4 Å². The van der Waals surface area contributed by atoms with Gasteiger partial charge in [0.05, 0.1) is 6.04 Å². The van der Waals surface area contributed by atoms with Gasteiger partial charge in [-0.05, 0) is 26.7 Å². The minimum Gasteiger partial charge on any atom is -0.465 e. The van der Waals surface area contributed by atoms with Gasteiger partial charge in [0.15, 0.2) is 0 Å². The monoisotopic (exact) mass is 260 g/mol. The summed E-state index contributed by atoms with van der Waals surface area (Å²) in [6, 6.07) is 0.273. The van der Waals surface area contributed by atoms with Crippen molar-refractivity contribution in [2.75, 3.05) is 12.4 Å². The first kappa shape index (κ1) is 16.4. The predicted molar refractivity (Wildman–Crippen MR) is 72.4 cm³/mol. The lowest BCUT2D eigenvalue weighted by Crippen LogP contribution is -2.18. The lowest BCUT2D eigenvalue weighted by Gasteiger charge is -2.21. The molecular formula is C12H24N2O2S. The molecule has 0 aromatic rings. The van der Waals surface area contributed by atoms with Gasteiger partial charge >= 0.3 is 5.97 Å². The summed E-state index contributed by atoms with van der Waals surface area (Å²) in [5, 5.41) is 8.70. The van der Waals surface area contributed by atoms with Gasteiger partial charge in [0.2, 0.25) is 0 Å². The number of esters is 1. The summed E-state index contributed by atoms with van der Waals surface area (Å²) in [5.41, 5.74) is 0. The van der Waals surface area contributed by atoms with E-state index in [0.29, 0.717) is 6.61 Å². The van der Waals surface area contributed by atoms with Crippen LogP contribution in [-0.2, 0) is 9.53 Å². The number of azo groups is 1. The van der Waals surface area contributed by atoms with Crippen molar-refractivity contribution in [2.24, 2.45) is 10.2 Å². The summed E-state index contributed by atoms with van der Waals surface area (Å²) in [5.74, 6) is 0.522. The van der Waals surface area contributed by atoms with Crippen LogP contribution in [-0.4, -0.2) is 29.2 Å². The van der Waals surface area contributed by atoms with Gasteiger partial charge in [-0.25, -0.2) is 0 Å². The summed E-state index contributed by atoms with van der Waals surface area (Å²) < 4.78 is 4.90. The molecule has 0 radical (unpaired) electrons. The first-order valence-electron chi connectivity index (χ1n) is 6.12. The fourth-order valence-corrected chi connectivity index (χ4v) is 1.87. The van der Waals surface area contributed by atoms with E-state index in [9.17, 15) is 4.79 Å². The molecule has 17 heavy (non-hydrogen) atoms. The zero-order valence-electron chi connectivity index (χ0n) is 11.5. The van der Waals surface area contributed by atoms with Crippen LogP contribution in [0.2, 0.25) is 0 Å². The second-order valence-electron chi connectivity index (χ2n) is 4.19. The number of nitrogens with zero attached hydrogens (tertiary/aromatic N) is 2. The quantitative estimate of drug-likeness (QED) is 0.380. The molecule has 0 spiro atoms. The molecule has 4 nitrogen and oxygen atoms in total. The number of thioether (sulfide) groups is 1. The lowest BCUT2D eigenvalue weighted by atomic mass is 10.3. The third-order valence-electron chi connectivity index (χ3n) is 2.51. The van der Waals surface area contributed by atoms with E-state index in [2.05, 4.69) is 37.9 Å². The molecule has 0 aromatic carbocycles. The van der Waals surface area contributed by atoms with Crippen molar-refractivity contribution in [3.8, 4) is 0 Å². The first-order chi connectivity index (χ1) is 7.93. The van der Waals surface area contributed by atoms with Gasteiger partial charge < -0.3 is 4.74 Å². The maximum atomic E-state index is 10.6. The lowest BCUT2D eigenvalue weighted by molar-refractivity contribution is -0.140. The first-order valence-corrected chi connectivity index (χ1v) is 7.11. The Morgan fingerprint density at radius 3 is 2.59 bits per heavy atom. The molecule has 2 atom stereocenters. The van der Waals surface area contributed by atoms with E-state index < -0.39 is 0 Å². The molecule has 0 saturated carbocycles. The van der Waals surface area contributed by atoms with Crippen LogP contribution in [0.4, 0.5) is 0 Å². The van der Waals surface area contributed by atoms with Crippen LogP contribution < -0.4 is 0 Å². The van der Waals surface area contributed by atoms with Crippen molar-refractivity contribution in [3.63, 3.8) is 0 Å². The Morgan fingerprint density at radius 1 is 1.47 bits per heavy atom. The zero-order chi connectivity index (χ0) is 13.3. The number of rotatable bonds is 8. The van der Waals surface area contributed by atoms with Crippen molar-refractivity contribution >= 4 is 17.7 Å². The third-order valence-corrected chi connectivity index (χ3v) is 3.88. The Balaban J connectivity index is 4.09. The van der Waals surface area contributed by atoms with Crippen LogP contribution in [0, 0.1) is 0 Å². The summed E-state index contributed by atoms with van der Waals surface area (Å²) in [6.45, 7) is 10.2. The molecule has 0 aliphatic heterocycles. The standard InChI is InChI=1S/C12H24N2O2S/c1-6-10(3)13-14-12(5,7-2)17-9-8-16-11(4)15/h10H,6-9H2,1-5H3. The highest BCUT2D eigenvalue weighted by Crippen LogP contribution is 2.30. The van der Waals surface area contributed by atoms with Crippen LogP contribution in [0.5, 0.6) is 0 Å². The molecule has 0 aliphatic carbocycles. The zero-order valence-corrected chi connectivity index (χ0v) is 12.3. The largest absolute Gasteiger partial charge is 0.465 e. The van der Waals surface area contributed by atoms with E-state index >= 15 is 0 Å². The van der Waals surface area contributed by atoms with Gasteiger partial charge in [0.25, 0.3) is 0 Å². The predicted octanol–water partition coefficient (Wildman–Crippen LogP) is 3.66. The fraction of sp³-hybridized carbons (Fsp3) is 0.917. The highest BCUT2D eigenvalue weighted by molar-refractivity contribution is 8.00. The van der Waals surface area contributed by atoms with Gasteiger partial charge in [-0.3, -0.25) is 4.79 Å². The van der Waals surface area contributed by atoms with Gasteiger partial charge in [-0.2, -0.15) is 10.2 Å². The SMILES string of the molecule is CCC(C)N=NC(C)(CC)SCCOC(C)=O. The Morgan fingerprint density at radius 2 is 2.12 bits per heavy atom. The molecular weight excluding hydrogens is 236 g/mol. The number of carbonyl (C=O) groups excluding carboxylic acids is 1. The molecule has 0 saturated heterocycles. The minimum atomic E-state index is -0.231. The van der Waals surface area contributed by atoms with Gasteiger partial charge in [0, 0.05) is 12.7 Å². The molecule has 0 fully saturated rings. The third kappa shape index (κ3) is 8.18. The maximum absolute atomic E-state index is 10.6. The van der Waals surface area contributed by atoms with E-state index in [-0.39, 0.29) is 16.9 Å². The molecule has 0 aromatic heterocycles. The Kier molecular flexibility index (Phi) is 8.21. The van der Waals surface area contributed by atoms with Crippen molar-refractivity contribution in [3.05, 3.63) is 0 Å². The van der Waals surface area contributed by atoms with Crippen molar-refractivity contribution in [1.82, 2.24) is 0 Å². The molecule has 0 rings (SSSR count). The summed E-state index contributed by atoms with van der Waals surface area (Å²) in [7, 11) is 0. The number of hydrogen-bond acceptors (Lipinski definition) is 5. The maximum Gasteiger partial charge on any atom is 0.302 e. The normalized spacial score (nSPS) is 16.8. The Bertz CT molecular complexity index is 259. The van der Waals surface area contributed by atoms with E-state index in [1.165, 1.54) is 6.92 Å². The second-order valence-corrected chi connectivity index (χ2v) is 5.77. The average Bonchev–Trinajstić information content (AvgIpc) is 2.31. The summed E-state index contributed by atoms with van der Waals surface area (Å²) >= 11 is 1.68. The van der Waals surface area contributed by atoms with Gasteiger partial charge in [-0.15, -0.1) is 11.8 Å². The highest BCUT2D eigenvalue weighted by Gasteiger charge is 2.22. The van der Waals surface area contributed by atoms with Gasteiger partial charge in [-0.1, -0.05) is 13.8 Å². The van der Waals surface area contributed by atoms with Crippen LogP contribution in [0.1, 0.15) is 47.5 Å². The smallest absolute Gasteiger partial charge is 0.302 e. The fourth-order valence-electron chi connectivity index (χ4n) is 0.951.